The fraction of sp³-hybridized carbons (Fsp3) is 0.857. The SMILES string of the molecule is CCCCO[C@H]1CC[C@@H]2[C@@H](C(=O)OC)[C@@H](C(=O)OC)ON2O1. The summed E-state index contributed by atoms with van der Waals surface area (Å²) in [6.07, 6.45) is 1.71. The van der Waals surface area contributed by atoms with Crippen molar-refractivity contribution < 1.29 is 33.5 Å². The van der Waals surface area contributed by atoms with Crippen LogP contribution >= 0.6 is 0 Å². The van der Waals surface area contributed by atoms with E-state index in [0.717, 1.165) is 12.8 Å². The maximum absolute atomic E-state index is 12.0. The van der Waals surface area contributed by atoms with Crippen molar-refractivity contribution in [1.29, 1.82) is 0 Å². The van der Waals surface area contributed by atoms with Crippen LogP contribution in [-0.4, -0.2) is 56.4 Å². The number of ether oxygens (including phenoxy) is 3. The van der Waals surface area contributed by atoms with E-state index < -0.39 is 30.3 Å². The molecule has 2 saturated heterocycles. The largest absolute Gasteiger partial charge is 0.469 e. The number of carbonyl (C=O) groups is 2. The molecule has 0 bridgehead atoms. The predicted molar refractivity (Wildman–Crippen MR) is 73.0 cm³/mol. The lowest BCUT2D eigenvalue weighted by Gasteiger charge is -2.33. The summed E-state index contributed by atoms with van der Waals surface area (Å²) in [6, 6.07) is -0.387. The van der Waals surface area contributed by atoms with Crippen LogP contribution in [0.3, 0.4) is 0 Å². The zero-order valence-electron chi connectivity index (χ0n) is 13.1. The lowest BCUT2D eigenvalue weighted by molar-refractivity contribution is -0.433. The average Bonchev–Trinajstić information content (AvgIpc) is 2.92. The summed E-state index contributed by atoms with van der Waals surface area (Å²) in [4.78, 5) is 34.8. The molecule has 0 spiro atoms. The molecule has 0 amide bonds. The van der Waals surface area contributed by atoms with Crippen molar-refractivity contribution in [1.82, 2.24) is 5.23 Å². The van der Waals surface area contributed by atoms with E-state index >= 15 is 0 Å². The Hall–Kier alpha value is -1.22. The molecule has 0 aromatic rings. The Morgan fingerprint density at radius 3 is 2.50 bits per heavy atom. The van der Waals surface area contributed by atoms with Gasteiger partial charge in [-0.2, -0.15) is 0 Å². The van der Waals surface area contributed by atoms with Crippen LogP contribution in [0.15, 0.2) is 0 Å². The van der Waals surface area contributed by atoms with Gasteiger partial charge in [0.15, 0.2) is 12.4 Å². The molecular weight excluding hydrogens is 294 g/mol. The van der Waals surface area contributed by atoms with Gasteiger partial charge in [-0.25, -0.2) is 9.63 Å². The van der Waals surface area contributed by atoms with Gasteiger partial charge in [-0.3, -0.25) is 9.63 Å². The Morgan fingerprint density at radius 1 is 1.14 bits per heavy atom. The molecule has 8 heteroatoms. The lowest BCUT2D eigenvalue weighted by atomic mass is 9.91. The smallest absolute Gasteiger partial charge is 0.338 e. The summed E-state index contributed by atoms with van der Waals surface area (Å²) in [6.45, 7) is 2.67. The number of hydroxylamine groups is 2. The van der Waals surface area contributed by atoms with Gasteiger partial charge in [-0.05, 0) is 12.8 Å². The van der Waals surface area contributed by atoms with Crippen molar-refractivity contribution in [2.75, 3.05) is 20.8 Å². The number of fused-ring (bicyclic) bond motifs is 1. The van der Waals surface area contributed by atoms with Crippen LogP contribution in [0.1, 0.15) is 32.6 Å². The van der Waals surface area contributed by atoms with Gasteiger partial charge in [0.2, 0.25) is 0 Å². The third-order valence-electron chi connectivity index (χ3n) is 3.86. The number of hydrogen-bond acceptors (Lipinski definition) is 8. The maximum Gasteiger partial charge on any atom is 0.338 e. The predicted octanol–water partition coefficient (Wildman–Crippen LogP) is 0.801. The standard InChI is InChI=1S/C14H23NO7/c1-4-5-8-20-10-7-6-9-11(13(16)18-2)12(14(17)19-3)22-15(9)21-10/h9-12H,4-8H2,1-3H3/t9-,10-,11-,12+/m1/s1. The molecule has 4 atom stereocenters. The van der Waals surface area contributed by atoms with E-state index in [1.807, 2.05) is 0 Å². The van der Waals surface area contributed by atoms with Crippen molar-refractivity contribution >= 4 is 11.9 Å². The monoisotopic (exact) mass is 317 g/mol. The molecule has 0 N–H and O–H groups in total. The summed E-state index contributed by atoms with van der Waals surface area (Å²) in [5.41, 5.74) is 0. The van der Waals surface area contributed by atoms with E-state index in [2.05, 4.69) is 11.7 Å². The van der Waals surface area contributed by atoms with Gasteiger partial charge in [0.05, 0.1) is 20.3 Å². The Kier molecular flexibility index (Phi) is 6.13. The molecule has 0 aromatic heterocycles. The fourth-order valence-corrected chi connectivity index (χ4v) is 2.65. The molecule has 2 aliphatic heterocycles. The molecule has 2 heterocycles. The summed E-state index contributed by atoms with van der Waals surface area (Å²) in [7, 11) is 2.52. The van der Waals surface area contributed by atoms with Crippen LogP contribution in [0.25, 0.3) is 0 Å². The quantitative estimate of drug-likeness (QED) is 0.525. The molecule has 2 aliphatic rings. The van der Waals surface area contributed by atoms with E-state index in [1.165, 1.54) is 19.4 Å². The highest BCUT2D eigenvalue weighted by Gasteiger charge is 2.55. The summed E-state index contributed by atoms with van der Waals surface area (Å²) >= 11 is 0. The first-order valence-corrected chi connectivity index (χ1v) is 7.52. The van der Waals surface area contributed by atoms with E-state index in [1.54, 1.807) is 0 Å². The second-order valence-corrected chi connectivity index (χ2v) is 5.29. The minimum Gasteiger partial charge on any atom is -0.469 e. The molecular formula is C14H23NO7. The number of carbonyl (C=O) groups excluding carboxylic acids is 2. The van der Waals surface area contributed by atoms with Gasteiger partial charge in [0.1, 0.15) is 5.92 Å². The maximum atomic E-state index is 12.0. The van der Waals surface area contributed by atoms with Crippen LogP contribution in [0.5, 0.6) is 0 Å². The first kappa shape index (κ1) is 17.1. The molecule has 0 aliphatic carbocycles. The molecule has 0 aromatic carbocycles. The minimum atomic E-state index is -1.06. The molecule has 126 valence electrons. The van der Waals surface area contributed by atoms with Gasteiger partial charge < -0.3 is 14.2 Å². The van der Waals surface area contributed by atoms with Gasteiger partial charge in [-0.15, -0.1) is 0 Å². The van der Waals surface area contributed by atoms with Crippen LogP contribution in [0, 0.1) is 5.92 Å². The molecule has 22 heavy (non-hydrogen) atoms. The van der Waals surface area contributed by atoms with Crippen molar-refractivity contribution in [3.8, 4) is 0 Å². The molecule has 8 nitrogen and oxygen atoms in total. The average molecular weight is 317 g/mol. The van der Waals surface area contributed by atoms with Crippen LogP contribution in [0.4, 0.5) is 0 Å². The van der Waals surface area contributed by atoms with Gasteiger partial charge in [0.25, 0.3) is 0 Å². The topological polar surface area (TPSA) is 83.5 Å². The summed E-state index contributed by atoms with van der Waals surface area (Å²) in [5.74, 6) is -1.91. The molecule has 0 unspecified atom stereocenters. The molecule has 2 fully saturated rings. The first-order valence-electron chi connectivity index (χ1n) is 7.52. The highest BCUT2D eigenvalue weighted by Crippen LogP contribution is 2.37. The second kappa shape index (κ2) is 7.87. The highest BCUT2D eigenvalue weighted by atomic mass is 17.0. The molecule has 2 rings (SSSR count). The third-order valence-corrected chi connectivity index (χ3v) is 3.86. The van der Waals surface area contributed by atoms with Crippen LogP contribution in [-0.2, 0) is 33.5 Å². The normalized spacial score (nSPS) is 31.6. The summed E-state index contributed by atoms with van der Waals surface area (Å²) in [5, 5.41) is 1.20. The lowest BCUT2D eigenvalue weighted by Crippen LogP contribution is -2.44. The van der Waals surface area contributed by atoms with Crippen LogP contribution < -0.4 is 0 Å². The van der Waals surface area contributed by atoms with Crippen molar-refractivity contribution in [3.63, 3.8) is 0 Å². The number of esters is 2. The van der Waals surface area contributed by atoms with E-state index in [-0.39, 0.29) is 6.04 Å². The van der Waals surface area contributed by atoms with Gasteiger partial charge in [0, 0.05) is 13.0 Å². The molecule has 0 saturated carbocycles. The Labute approximate surface area is 129 Å². The van der Waals surface area contributed by atoms with Crippen molar-refractivity contribution in [2.45, 2.75) is 51.0 Å². The van der Waals surface area contributed by atoms with E-state index in [0.29, 0.717) is 19.4 Å². The highest BCUT2D eigenvalue weighted by molar-refractivity contribution is 5.84. The zero-order valence-corrected chi connectivity index (χ0v) is 13.1. The Morgan fingerprint density at radius 2 is 1.86 bits per heavy atom. The number of rotatable bonds is 6. The Balaban J connectivity index is 2.02. The van der Waals surface area contributed by atoms with Gasteiger partial charge >= 0.3 is 11.9 Å². The zero-order chi connectivity index (χ0) is 16.1. The number of methoxy groups -OCH3 is 2. The number of nitrogens with zero attached hydrogens (tertiary/aromatic N) is 1. The summed E-state index contributed by atoms with van der Waals surface area (Å²) < 4.78 is 15.1. The second-order valence-electron chi connectivity index (χ2n) is 5.29. The van der Waals surface area contributed by atoms with E-state index in [9.17, 15) is 9.59 Å². The minimum absolute atomic E-state index is 0.387. The Bertz CT molecular complexity index is 403. The van der Waals surface area contributed by atoms with Crippen molar-refractivity contribution in [2.24, 2.45) is 5.92 Å². The first-order chi connectivity index (χ1) is 10.6. The number of hydrogen-bond donors (Lipinski definition) is 0. The van der Waals surface area contributed by atoms with Crippen LogP contribution in [0.2, 0.25) is 0 Å². The number of unbranched alkanes of at least 4 members (excludes halogenated alkanes) is 1. The third kappa shape index (κ3) is 3.57. The molecule has 0 radical (unpaired) electrons. The van der Waals surface area contributed by atoms with Gasteiger partial charge in [-0.1, -0.05) is 18.6 Å². The fourth-order valence-electron chi connectivity index (χ4n) is 2.65. The van der Waals surface area contributed by atoms with Crippen molar-refractivity contribution in [3.05, 3.63) is 0 Å². The van der Waals surface area contributed by atoms with E-state index in [4.69, 9.17) is 19.1 Å².